The molecule has 0 saturated carbocycles. The van der Waals surface area contributed by atoms with Gasteiger partial charge in [0, 0.05) is 12.7 Å². The molecule has 0 aliphatic carbocycles. The molecule has 1 rings (SSSR count). The molecule has 1 aromatic rings. The molecule has 0 aliphatic heterocycles. The lowest BCUT2D eigenvalue weighted by atomic mass is 10.2. The zero-order valence-corrected chi connectivity index (χ0v) is 12.3. The van der Waals surface area contributed by atoms with Crippen LogP contribution in [0.15, 0.2) is 23.2 Å². The van der Waals surface area contributed by atoms with Crippen LogP contribution in [0.5, 0.6) is 0 Å². The molecule has 0 aromatic carbocycles. The van der Waals surface area contributed by atoms with Crippen molar-refractivity contribution in [2.45, 2.75) is 18.7 Å². The normalized spacial score (nSPS) is 11.6. The lowest BCUT2D eigenvalue weighted by molar-refractivity contribution is -0.120. The Labute approximate surface area is 117 Å². The van der Waals surface area contributed by atoms with Crippen LogP contribution in [-0.4, -0.2) is 32.4 Å². The van der Waals surface area contributed by atoms with Crippen LogP contribution in [0, 0.1) is 5.92 Å². The smallest absolute Gasteiger partial charge is 0.244 e. The predicted octanol–water partition coefficient (Wildman–Crippen LogP) is 0.786. The standard InChI is InChI=1S/C11H16ClN3O3S/c1-8(2)6-14-10(16)7-15-19(17,18)9-4-3-5-13-11(9)12/h3-5,8,15H,6-7H2,1-2H3,(H,14,16). The topological polar surface area (TPSA) is 88.2 Å². The van der Waals surface area contributed by atoms with Gasteiger partial charge in [0.1, 0.15) is 10.0 Å². The lowest BCUT2D eigenvalue weighted by Crippen LogP contribution is -2.38. The number of carbonyl (C=O) groups is 1. The third-order valence-electron chi connectivity index (χ3n) is 2.14. The van der Waals surface area contributed by atoms with Crippen molar-refractivity contribution >= 4 is 27.5 Å². The van der Waals surface area contributed by atoms with Crippen molar-refractivity contribution in [2.75, 3.05) is 13.1 Å². The monoisotopic (exact) mass is 305 g/mol. The summed E-state index contributed by atoms with van der Waals surface area (Å²) in [4.78, 5) is 15.0. The zero-order chi connectivity index (χ0) is 14.5. The van der Waals surface area contributed by atoms with Gasteiger partial charge in [-0.15, -0.1) is 0 Å². The molecule has 0 unspecified atom stereocenters. The number of hydrogen-bond donors (Lipinski definition) is 2. The van der Waals surface area contributed by atoms with Gasteiger partial charge in [0.05, 0.1) is 6.54 Å². The molecule has 1 amide bonds. The Morgan fingerprint density at radius 2 is 2.16 bits per heavy atom. The van der Waals surface area contributed by atoms with Gasteiger partial charge in [0.15, 0.2) is 0 Å². The summed E-state index contributed by atoms with van der Waals surface area (Å²) < 4.78 is 25.9. The van der Waals surface area contributed by atoms with Crippen LogP contribution in [0.3, 0.4) is 0 Å². The largest absolute Gasteiger partial charge is 0.355 e. The minimum Gasteiger partial charge on any atom is -0.355 e. The summed E-state index contributed by atoms with van der Waals surface area (Å²) in [5.41, 5.74) is 0. The minimum absolute atomic E-state index is 0.127. The molecule has 0 saturated heterocycles. The Kier molecular flexibility index (Phi) is 5.71. The summed E-state index contributed by atoms with van der Waals surface area (Å²) in [6.45, 7) is 4.05. The third-order valence-corrected chi connectivity index (χ3v) is 3.99. The number of nitrogens with one attached hydrogen (secondary N) is 2. The molecule has 19 heavy (non-hydrogen) atoms. The Morgan fingerprint density at radius 1 is 1.47 bits per heavy atom. The summed E-state index contributed by atoms with van der Waals surface area (Å²) in [7, 11) is -3.83. The number of hydrogen-bond acceptors (Lipinski definition) is 4. The fourth-order valence-corrected chi connectivity index (χ4v) is 2.62. The maximum absolute atomic E-state index is 11.9. The first-order valence-corrected chi connectivity index (χ1v) is 7.56. The van der Waals surface area contributed by atoms with Gasteiger partial charge < -0.3 is 5.32 Å². The highest BCUT2D eigenvalue weighted by atomic mass is 35.5. The average Bonchev–Trinajstić information content (AvgIpc) is 2.34. The van der Waals surface area contributed by atoms with E-state index >= 15 is 0 Å². The quantitative estimate of drug-likeness (QED) is 0.760. The van der Waals surface area contributed by atoms with E-state index in [1.807, 2.05) is 13.8 Å². The highest BCUT2D eigenvalue weighted by Gasteiger charge is 2.19. The predicted molar refractivity (Wildman–Crippen MR) is 72.3 cm³/mol. The second-order valence-electron chi connectivity index (χ2n) is 4.31. The van der Waals surface area contributed by atoms with Crippen LogP contribution in [-0.2, 0) is 14.8 Å². The molecule has 1 aromatic heterocycles. The van der Waals surface area contributed by atoms with Gasteiger partial charge in [-0.3, -0.25) is 4.79 Å². The number of sulfonamides is 1. The summed E-state index contributed by atoms with van der Waals surface area (Å²) >= 11 is 5.70. The van der Waals surface area contributed by atoms with Gasteiger partial charge in [-0.05, 0) is 18.1 Å². The first kappa shape index (κ1) is 15.9. The van der Waals surface area contributed by atoms with E-state index in [0.717, 1.165) is 0 Å². The molecule has 6 nitrogen and oxygen atoms in total. The summed E-state index contributed by atoms with van der Waals surface area (Å²) in [6.07, 6.45) is 1.39. The maximum Gasteiger partial charge on any atom is 0.244 e. The van der Waals surface area contributed by atoms with Crippen molar-refractivity contribution in [3.63, 3.8) is 0 Å². The van der Waals surface area contributed by atoms with E-state index in [4.69, 9.17) is 11.6 Å². The van der Waals surface area contributed by atoms with Crippen LogP contribution in [0.2, 0.25) is 5.15 Å². The molecular formula is C11H16ClN3O3S. The fraction of sp³-hybridized carbons (Fsp3) is 0.455. The van der Waals surface area contributed by atoms with Gasteiger partial charge in [0.2, 0.25) is 15.9 Å². The zero-order valence-electron chi connectivity index (χ0n) is 10.7. The first-order valence-electron chi connectivity index (χ1n) is 5.70. The fourth-order valence-electron chi connectivity index (χ4n) is 1.19. The van der Waals surface area contributed by atoms with E-state index < -0.39 is 15.9 Å². The molecule has 0 fully saturated rings. The number of amides is 1. The molecule has 0 aliphatic rings. The van der Waals surface area contributed by atoms with Crippen molar-refractivity contribution in [1.82, 2.24) is 15.0 Å². The number of rotatable bonds is 6. The lowest BCUT2D eigenvalue weighted by Gasteiger charge is -2.09. The van der Waals surface area contributed by atoms with Crippen LogP contribution in [0.25, 0.3) is 0 Å². The molecule has 1 heterocycles. The van der Waals surface area contributed by atoms with Crippen molar-refractivity contribution in [3.8, 4) is 0 Å². The van der Waals surface area contributed by atoms with Crippen LogP contribution >= 0.6 is 11.6 Å². The van der Waals surface area contributed by atoms with Crippen LogP contribution < -0.4 is 10.0 Å². The molecular weight excluding hydrogens is 290 g/mol. The Morgan fingerprint density at radius 3 is 2.74 bits per heavy atom. The summed E-state index contributed by atoms with van der Waals surface area (Å²) in [5, 5.41) is 2.48. The minimum atomic E-state index is -3.83. The molecule has 0 radical (unpaired) electrons. The SMILES string of the molecule is CC(C)CNC(=O)CNS(=O)(=O)c1cccnc1Cl. The highest BCUT2D eigenvalue weighted by Crippen LogP contribution is 2.16. The van der Waals surface area contributed by atoms with E-state index in [9.17, 15) is 13.2 Å². The number of aromatic nitrogens is 1. The third kappa shape index (κ3) is 5.14. The van der Waals surface area contributed by atoms with Crippen molar-refractivity contribution in [1.29, 1.82) is 0 Å². The second kappa shape index (κ2) is 6.83. The van der Waals surface area contributed by atoms with E-state index in [2.05, 4.69) is 15.0 Å². The van der Waals surface area contributed by atoms with Crippen LogP contribution in [0.1, 0.15) is 13.8 Å². The highest BCUT2D eigenvalue weighted by molar-refractivity contribution is 7.89. The molecule has 0 spiro atoms. The molecule has 2 N–H and O–H groups in total. The maximum atomic E-state index is 11.9. The van der Waals surface area contributed by atoms with E-state index in [0.29, 0.717) is 12.5 Å². The average molecular weight is 306 g/mol. The molecule has 0 atom stereocenters. The first-order chi connectivity index (χ1) is 8.83. The Balaban J connectivity index is 2.62. The number of pyridine rings is 1. The van der Waals surface area contributed by atoms with Crippen molar-refractivity contribution in [3.05, 3.63) is 23.5 Å². The molecule has 8 heteroatoms. The van der Waals surface area contributed by atoms with Crippen molar-refractivity contribution in [2.24, 2.45) is 5.92 Å². The van der Waals surface area contributed by atoms with Gasteiger partial charge in [-0.25, -0.2) is 18.1 Å². The van der Waals surface area contributed by atoms with Crippen LogP contribution in [0.4, 0.5) is 0 Å². The Bertz CT molecular complexity index is 546. The van der Waals surface area contributed by atoms with E-state index in [1.165, 1.54) is 18.3 Å². The van der Waals surface area contributed by atoms with Gasteiger partial charge >= 0.3 is 0 Å². The summed E-state index contributed by atoms with van der Waals surface area (Å²) in [6, 6.07) is 2.78. The summed E-state index contributed by atoms with van der Waals surface area (Å²) in [5.74, 6) is -0.0920. The molecule has 106 valence electrons. The van der Waals surface area contributed by atoms with Gasteiger partial charge in [0.25, 0.3) is 0 Å². The van der Waals surface area contributed by atoms with Crippen molar-refractivity contribution < 1.29 is 13.2 Å². The number of carbonyl (C=O) groups excluding carboxylic acids is 1. The van der Waals surface area contributed by atoms with Gasteiger partial charge in [-0.2, -0.15) is 0 Å². The second-order valence-corrected chi connectivity index (χ2v) is 6.41. The van der Waals surface area contributed by atoms with E-state index in [-0.39, 0.29) is 16.6 Å². The number of nitrogens with zero attached hydrogens (tertiary/aromatic N) is 1. The number of halogens is 1. The Hall–Kier alpha value is -1.18. The molecule has 0 bridgehead atoms. The van der Waals surface area contributed by atoms with E-state index in [1.54, 1.807) is 0 Å². The van der Waals surface area contributed by atoms with Gasteiger partial charge in [-0.1, -0.05) is 25.4 Å².